The first-order valence-electron chi connectivity index (χ1n) is 9.85. The van der Waals surface area contributed by atoms with Gasteiger partial charge in [0.25, 0.3) is 0 Å². The van der Waals surface area contributed by atoms with Crippen LogP contribution in [0.25, 0.3) is 0 Å². The molecule has 4 nitrogen and oxygen atoms in total. The third-order valence-corrected chi connectivity index (χ3v) is 6.15. The Hall–Kier alpha value is -1.16. The Balaban J connectivity index is 1.55. The van der Waals surface area contributed by atoms with Gasteiger partial charge in [-0.2, -0.15) is 0 Å². The number of aromatic nitrogens is 2. The molecule has 0 atom stereocenters. The second-order valence-corrected chi connectivity index (χ2v) is 8.29. The standard InChI is InChI=1S/C20H34N4/c1-15(2)17-5-11-24(12-6-17)20-21-13-19(14-22-20)18-7-9-23(10-8-18)16(3)4/h13-18H,5-12H2,1-4H3. The van der Waals surface area contributed by atoms with Crippen molar-refractivity contribution in [1.82, 2.24) is 14.9 Å². The van der Waals surface area contributed by atoms with Crippen molar-refractivity contribution in [1.29, 1.82) is 0 Å². The van der Waals surface area contributed by atoms with Gasteiger partial charge in [-0.3, -0.25) is 0 Å². The monoisotopic (exact) mass is 330 g/mol. The van der Waals surface area contributed by atoms with Gasteiger partial charge >= 0.3 is 0 Å². The molecule has 3 rings (SSSR count). The Bertz CT molecular complexity index is 448. The van der Waals surface area contributed by atoms with Crippen LogP contribution >= 0.6 is 0 Å². The molecule has 3 heterocycles. The van der Waals surface area contributed by atoms with E-state index in [-0.39, 0.29) is 0 Å². The topological polar surface area (TPSA) is 32.3 Å². The summed E-state index contributed by atoms with van der Waals surface area (Å²) in [6.45, 7) is 13.9. The van der Waals surface area contributed by atoms with E-state index in [9.17, 15) is 0 Å². The van der Waals surface area contributed by atoms with Crippen LogP contribution in [-0.4, -0.2) is 47.1 Å². The maximum Gasteiger partial charge on any atom is 0.225 e. The van der Waals surface area contributed by atoms with Gasteiger partial charge in [0.2, 0.25) is 5.95 Å². The first-order chi connectivity index (χ1) is 11.5. The van der Waals surface area contributed by atoms with Crippen LogP contribution in [0.4, 0.5) is 5.95 Å². The lowest BCUT2D eigenvalue weighted by Gasteiger charge is -2.35. The van der Waals surface area contributed by atoms with Crippen molar-refractivity contribution in [3.8, 4) is 0 Å². The highest BCUT2D eigenvalue weighted by Gasteiger charge is 2.25. The van der Waals surface area contributed by atoms with E-state index in [1.165, 1.54) is 44.3 Å². The normalized spacial score (nSPS) is 21.8. The van der Waals surface area contributed by atoms with Crippen molar-refractivity contribution in [3.63, 3.8) is 0 Å². The minimum absolute atomic E-state index is 0.640. The van der Waals surface area contributed by atoms with E-state index in [1.54, 1.807) is 0 Å². The zero-order chi connectivity index (χ0) is 17.1. The van der Waals surface area contributed by atoms with E-state index >= 15 is 0 Å². The molecule has 0 spiro atoms. The zero-order valence-electron chi connectivity index (χ0n) is 15.9. The number of likely N-dealkylation sites (tertiary alicyclic amines) is 1. The third kappa shape index (κ3) is 4.08. The number of anilines is 1. The van der Waals surface area contributed by atoms with Gasteiger partial charge in [-0.1, -0.05) is 13.8 Å². The van der Waals surface area contributed by atoms with Crippen molar-refractivity contribution in [2.75, 3.05) is 31.1 Å². The second-order valence-electron chi connectivity index (χ2n) is 8.29. The van der Waals surface area contributed by atoms with Crippen molar-refractivity contribution in [2.45, 2.75) is 65.3 Å². The van der Waals surface area contributed by atoms with Crippen LogP contribution in [0.3, 0.4) is 0 Å². The molecule has 0 N–H and O–H groups in total. The molecule has 0 bridgehead atoms. The molecule has 0 aromatic carbocycles. The summed E-state index contributed by atoms with van der Waals surface area (Å²) in [6.07, 6.45) is 9.20. The average Bonchev–Trinajstić information content (AvgIpc) is 2.62. The summed E-state index contributed by atoms with van der Waals surface area (Å²) < 4.78 is 0. The van der Waals surface area contributed by atoms with Gasteiger partial charge in [0, 0.05) is 31.5 Å². The Labute approximate surface area is 147 Å². The van der Waals surface area contributed by atoms with Gasteiger partial charge in [-0.15, -0.1) is 0 Å². The molecule has 0 amide bonds. The molecule has 134 valence electrons. The first-order valence-corrected chi connectivity index (χ1v) is 9.85. The zero-order valence-corrected chi connectivity index (χ0v) is 15.9. The van der Waals surface area contributed by atoms with Crippen LogP contribution in [0, 0.1) is 11.8 Å². The fourth-order valence-corrected chi connectivity index (χ4v) is 4.22. The van der Waals surface area contributed by atoms with Crippen LogP contribution in [0.1, 0.15) is 64.9 Å². The Kier molecular flexibility index (Phi) is 5.75. The van der Waals surface area contributed by atoms with Crippen LogP contribution in [-0.2, 0) is 0 Å². The largest absolute Gasteiger partial charge is 0.341 e. The van der Waals surface area contributed by atoms with E-state index in [2.05, 4.69) is 49.9 Å². The summed E-state index contributed by atoms with van der Waals surface area (Å²) in [5, 5.41) is 0. The predicted octanol–water partition coefficient (Wildman–Crippen LogP) is 3.94. The number of hydrogen-bond donors (Lipinski definition) is 0. The molecule has 0 aliphatic carbocycles. The molecule has 2 aliphatic heterocycles. The predicted molar refractivity (Wildman–Crippen MR) is 100 cm³/mol. The molecular formula is C20H34N4. The SMILES string of the molecule is CC(C)C1CCN(c2ncc(C3CCN(C(C)C)CC3)cn2)CC1. The summed E-state index contributed by atoms with van der Waals surface area (Å²) >= 11 is 0. The second kappa shape index (κ2) is 7.81. The van der Waals surface area contributed by atoms with Gasteiger partial charge in [0.1, 0.15) is 0 Å². The number of rotatable bonds is 4. The van der Waals surface area contributed by atoms with Gasteiger partial charge in [-0.25, -0.2) is 9.97 Å². The number of hydrogen-bond acceptors (Lipinski definition) is 4. The van der Waals surface area contributed by atoms with Crippen LogP contribution in [0.15, 0.2) is 12.4 Å². The van der Waals surface area contributed by atoms with E-state index < -0.39 is 0 Å². The van der Waals surface area contributed by atoms with Gasteiger partial charge < -0.3 is 9.80 Å². The first kappa shape index (κ1) is 17.7. The van der Waals surface area contributed by atoms with E-state index in [0.717, 1.165) is 30.9 Å². The van der Waals surface area contributed by atoms with Gasteiger partial charge in [0.05, 0.1) is 0 Å². The smallest absolute Gasteiger partial charge is 0.225 e. The summed E-state index contributed by atoms with van der Waals surface area (Å²) in [5.41, 5.74) is 1.33. The van der Waals surface area contributed by atoms with E-state index in [0.29, 0.717) is 12.0 Å². The van der Waals surface area contributed by atoms with Gasteiger partial charge in [-0.05, 0) is 75.9 Å². The van der Waals surface area contributed by atoms with Crippen LogP contribution in [0.5, 0.6) is 0 Å². The fraction of sp³-hybridized carbons (Fsp3) is 0.800. The molecule has 1 aromatic heterocycles. The van der Waals surface area contributed by atoms with Crippen molar-refractivity contribution >= 4 is 5.95 Å². The fourth-order valence-electron chi connectivity index (χ4n) is 4.22. The van der Waals surface area contributed by atoms with Crippen molar-refractivity contribution < 1.29 is 0 Å². The van der Waals surface area contributed by atoms with E-state index in [1.807, 2.05) is 0 Å². The lowest BCUT2D eigenvalue weighted by molar-refractivity contribution is 0.171. The molecule has 2 fully saturated rings. The maximum absolute atomic E-state index is 4.70. The van der Waals surface area contributed by atoms with E-state index in [4.69, 9.17) is 9.97 Å². The lowest BCUT2D eigenvalue weighted by Crippen LogP contribution is -2.38. The lowest BCUT2D eigenvalue weighted by atomic mass is 9.87. The molecule has 1 aromatic rings. The minimum Gasteiger partial charge on any atom is -0.341 e. The molecule has 2 aliphatic rings. The quantitative estimate of drug-likeness (QED) is 0.837. The highest BCUT2D eigenvalue weighted by atomic mass is 15.2. The van der Waals surface area contributed by atoms with Gasteiger partial charge in [0.15, 0.2) is 0 Å². The molecule has 2 saturated heterocycles. The van der Waals surface area contributed by atoms with Crippen LogP contribution in [0.2, 0.25) is 0 Å². The maximum atomic E-state index is 4.70. The summed E-state index contributed by atoms with van der Waals surface area (Å²) in [6, 6.07) is 0.665. The van der Waals surface area contributed by atoms with Crippen molar-refractivity contribution in [3.05, 3.63) is 18.0 Å². The number of piperidine rings is 2. The third-order valence-electron chi connectivity index (χ3n) is 6.15. The Morgan fingerprint density at radius 1 is 0.875 bits per heavy atom. The molecule has 0 radical (unpaired) electrons. The summed E-state index contributed by atoms with van der Waals surface area (Å²) in [7, 11) is 0. The molecule has 4 heteroatoms. The molecule has 0 unspecified atom stereocenters. The molecular weight excluding hydrogens is 296 g/mol. The summed E-state index contributed by atoms with van der Waals surface area (Å²) in [5.74, 6) is 3.24. The number of nitrogens with zero attached hydrogens (tertiary/aromatic N) is 4. The van der Waals surface area contributed by atoms with Crippen LogP contribution < -0.4 is 4.90 Å². The molecule has 0 saturated carbocycles. The molecule has 24 heavy (non-hydrogen) atoms. The summed E-state index contributed by atoms with van der Waals surface area (Å²) in [4.78, 5) is 14.3. The van der Waals surface area contributed by atoms with Crippen molar-refractivity contribution in [2.24, 2.45) is 11.8 Å². The average molecular weight is 331 g/mol. The Morgan fingerprint density at radius 2 is 1.46 bits per heavy atom. The highest BCUT2D eigenvalue weighted by molar-refractivity contribution is 5.31. The minimum atomic E-state index is 0.640. The Morgan fingerprint density at radius 3 is 1.96 bits per heavy atom. The highest BCUT2D eigenvalue weighted by Crippen LogP contribution is 2.29.